The molecule has 0 aliphatic rings. The molecule has 100 valence electrons. The lowest BCUT2D eigenvalue weighted by Crippen LogP contribution is -2.01. The zero-order valence-electron chi connectivity index (χ0n) is 11.2. The van der Waals surface area contributed by atoms with Crippen LogP contribution in [-0.2, 0) is 7.05 Å². The van der Waals surface area contributed by atoms with Crippen LogP contribution in [-0.4, -0.2) is 22.7 Å². The van der Waals surface area contributed by atoms with E-state index in [-0.39, 0.29) is 11.4 Å². The summed E-state index contributed by atoms with van der Waals surface area (Å²) in [6.45, 7) is 0. The summed E-state index contributed by atoms with van der Waals surface area (Å²) in [5.41, 5.74) is 1.23. The Bertz CT molecular complexity index is 691. The summed E-state index contributed by atoms with van der Waals surface area (Å²) in [4.78, 5) is 12.2. The van der Waals surface area contributed by atoms with Gasteiger partial charge in [-0.25, -0.2) is 0 Å². The Labute approximate surface area is 116 Å². The molecule has 5 nitrogen and oxygen atoms in total. The van der Waals surface area contributed by atoms with Gasteiger partial charge in [0.15, 0.2) is 0 Å². The summed E-state index contributed by atoms with van der Waals surface area (Å²) < 4.78 is 6.64. The van der Waals surface area contributed by atoms with E-state index in [1.54, 1.807) is 55.5 Å². The first-order valence-corrected chi connectivity index (χ1v) is 5.93. The molecular formula is C15H13N3O2. The molecule has 0 aliphatic carbocycles. The number of aryl methyl sites for hydroxylation is 1. The number of nitrogens with zero attached hydrogens (tertiary/aromatic N) is 3. The van der Waals surface area contributed by atoms with E-state index in [1.807, 2.05) is 6.07 Å². The lowest BCUT2D eigenvalue weighted by atomic mass is 10.0. The van der Waals surface area contributed by atoms with Crippen molar-refractivity contribution in [2.45, 2.75) is 0 Å². The van der Waals surface area contributed by atoms with Gasteiger partial charge in [-0.1, -0.05) is 0 Å². The average Bonchev–Trinajstić information content (AvgIpc) is 2.89. The molecule has 1 aromatic heterocycles. The highest BCUT2D eigenvalue weighted by Gasteiger charge is 2.12. The zero-order valence-corrected chi connectivity index (χ0v) is 11.2. The highest BCUT2D eigenvalue weighted by atomic mass is 16.5. The average molecular weight is 267 g/mol. The van der Waals surface area contributed by atoms with E-state index in [1.165, 1.54) is 6.08 Å². The molecule has 0 spiro atoms. The number of allylic oxidation sites excluding steroid dienone is 1. The summed E-state index contributed by atoms with van der Waals surface area (Å²) in [5, 5.41) is 13.1. The first kappa shape index (κ1) is 13.6. The van der Waals surface area contributed by atoms with Gasteiger partial charge in [0.1, 0.15) is 17.4 Å². The van der Waals surface area contributed by atoms with Crippen LogP contribution in [0.2, 0.25) is 0 Å². The van der Waals surface area contributed by atoms with Crippen LogP contribution >= 0.6 is 0 Å². The number of ketones is 1. The van der Waals surface area contributed by atoms with Crippen LogP contribution in [0, 0.1) is 11.3 Å². The van der Waals surface area contributed by atoms with Crippen molar-refractivity contribution in [2.75, 3.05) is 7.11 Å². The van der Waals surface area contributed by atoms with E-state index in [9.17, 15) is 4.79 Å². The molecule has 0 saturated carbocycles. The number of rotatable bonds is 4. The van der Waals surface area contributed by atoms with E-state index >= 15 is 0 Å². The topological polar surface area (TPSA) is 67.9 Å². The minimum atomic E-state index is -0.320. The van der Waals surface area contributed by atoms with Crippen molar-refractivity contribution in [3.05, 3.63) is 53.4 Å². The number of hydrogen-bond acceptors (Lipinski definition) is 4. The second-order valence-electron chi connectivity index (χ2n) is 4.17. The Balaban J connectivity index is 2.29. The normalized spacial score (nSPS) is 10.9. The molecule has 0 saturated heterocycles. The minimum Gasteiger partial charge on any atom is -0.497 e. The van der Waals surface area contributed by atoms with Crippen molar-refractivity contribution in [3.8, 4) is 11.8 Å². The van der Waals surface area contributed by atoms with Crippen molar-refractivity contribution in [1.82, 2.24) is 9.78 Å². The molecule has 0 N–H and O–H groups in total. The second kappa shape index (κ2) is 5.85. The maximum absolute atomic E-state index is 12.2. The largest absolute Gasteiger partial charge is 0.497 e. The minimum absolute atomic E-state index is 0.0724. The number of ether oxygens (including phenoxy) is 1. The van der Waals surface area contributed by atoms with Gasteiger partial charge < -0.3 is 4.74 Å². The van der Waals surface area contributed by atoms with Crippen molar-refractivity contribution >= 4 is 11.9 Å². The van der Waals surface area contributed by atoms with Crippen molar-refractivity contribution in [2.24, 2.45) is 7.05 Å². The summed E-state index contributed by atoms with van der Waals surface area (Å²) in [6.07, 6.45) is 4.86. The molecule has 0 radical (unpaired) electrons. The van der Waals surface area contributed by atoms with Crippen LogP contribution in [0.4, 0.5) is 0 Å². The van der Waals surface area contributed by atoms with E-state index in [0.29, 0.717) is 16.9 Å². The van der Waals surface area contributed by atoms with Crippen LogP contribution in [0.5, 0.6) is 5.75 Å². The summed E-state index contributed by atoms with van der Waals surface area (Å²) in [5.74, 6) is 0.343. The van der Waals surface area contributed by atoms with Crippen molar-refractivity contribution in [1.29, 1.82) is 5.26 Å². The number of carbonyl (C=O) groups excluding carboxylic acids is 1. The number of nitriles is 1. The summed E-state index contributed by atoms with van der Waals surface area (Å²) in [6, 6.07) is 8.57. The van der Waals surface area contributed by atoms with Crippen LogP contribution in [0.3, 0.4) is 0 Å². The molecule has 1 heterocycles. The third-order valence-electron chi connectivity index (χ3n) is 2.75. The Morgan fingerprint density at radius 2 is 2.10 bits per heavy atom. The van der Waals surface area contributed by atoms with Crippen molar-refractivity contribution < 1.29 is 9.53 Å². The Morgan fingerprint density at radius 1 is 1.40 bits per heavy atom. The smallest absolute Gasteiger partial charge is 0.203 e. The third-order valence-corrected chi connectivity index (χ3v) is 2.75. The number of Topliss-reactive ketones (excluding diaryl/α,β-unsaturated/α-hetero) is 1. The summed E-state index contributed by atoms with van der Waals surface area (Å²) in [7, 11) is 3.33. The number of benzene rings is 1. The van der Waals surface area contributed by atoms with E-state index in [4.69, 9.17) is 10.00 Å². The molecule has 0 bridgehead atoms. The van der Waals surface area contributed by atoms with Gasteiger partial charge >= 0.3 is 0 Å². The molecule has 1 aromatic carbocycles. The molecule has 20 heavy (non-hydrogen) atoms. The van der Waals surface area contributed by atoms with Gasteiger partial charge in [-0.2, -0.15) is 10.4 Å². The predicted molar refractivity (Wildman–Crippen MR) is 74.1 cm³/mol. The molecule has 5 heteroatoms. The first-order valence-electron chi connectivity index (χ1n) is 5.93. The number of aromatic nitrogens is 2. The molecule has 0 atom stereocenters. The fourth-order valence-corrected chi connectivity index (χ4v) is 1.73. The van der Waals surface area contributed by atoms with Gasteiger partial charge in [-0.3, -0.25) is 9.48 Å². The first-order chi connectivity index (χ1) is 9.63. The monoisotopic (exact) mass is 267 g/mol. The molecular weight excluding hydrogens is 254 g/mol. The molecule has 2 rings (SSSR count). The number of carbonyl (C=O) groups is 1. The van der Waals surface area contributed by atoms with Gasteiger partial charge in [-0.15, -0.1) is 0 Å². The lowest BCUT2D eigenvalue weighted by molar-refractivity contribution is 0.104. The van der Waals surface area contributed by atoms with Gasteiger partial charge in [0, 0.05) is 24.4 Å². The number of methoxy groups -OCH3 is 1. The molecule has 2 aromatic rings. The second-order valence-corrected chi connectivity index (χ2v) is 4.17. The van der Waals surface area contributed by atoms with Gasteiger partial charge in [0.25, 0.3) is 0 Å². The predicted octanol–water partition coefficient (Wildman–Crippen LogP) is 2.22. The van der Waals surface area contributed by atoms with Crippen LogP contribution in [0.15, 0.2) is 42.2 Å². The molecule has 0 fully saturated rings. The van der Waals surface area contributed by atoms with Gasteiger partial charge in [-0.05, 0) is 30.3 Å². The number of hydrogen-bond donors (Lipinski definition) is 0. The Hall–Kier alpha value is -2.87. The molecule has 0 amide bonds. The maximum Gasteiger partial charge on any atom is 0.203 e. The molecule has 0 unspecified atom stereocenters. The van der Waals surface area contributed by atoms with E-state index in [0.717, 1.165) is 0 Å². The quantitative estimate of drug-likeness (QED) is 0.484. The van der Waals surface area contributed by atoms with Crippen LogP contribution in [0.25, 0.3) is 6.08 Å². The highest BCUT2D eigenvalue weighted by molar-refractivity contribution is 6.14. The Kier molecular flexibility index (Phi) is 3.96. The highest BCUT2D eigenvalue weighted by Crippen LogP contribution is 2.16. The lowest BCUT2D eigenvalue weighted by Gasteiger charge is -2.01. The van der Waals surface area contributed by atoms with Gasteiger partial charge in [0.05, 0.1) is 13.3 Å². The van der Waals surface area contributed by atoms with E-state index < -0.39 is 0 Å². The van der Waals surface area contributed by atoms with Gasteiger partial charge in [0.2, 0.25) is 5.78 Å². The standard InChI is InChI=1S/C15H13N3O2/c1-18-10-11(9-17-18)7-13(8-16)15(19)12-3-5-14(20-2)6-4-12/h3-7,9-10H,1-2H3/b13-7+. The van der Waals surface area contributed by atoms with Crippen molar-refractivity contribution in [3.63, 3.8) is 0 Å². The maximum atomic E-state index is 12.2. The van der Waals surface area contributed by atoms with Crippen LogP contribution < -0.4 is 4.74 Å². The fourth-order valence-electron chi connectivity index (χ4n) is 1.73. The third kappa shape index (κ3) is 2.93. The van der Waals surface area contributed by atoms with Crippen LogP contribution in [0.1, 0.15) is 15.9 Å². The SMILES string of the molecule is COc1ccc(C(=O)/C(C#N)=C/c2cnn(C)c2)cc1. The molecule has 0 aliphatic heterocycles. The zero-order chi connectivity index (χ0) is 14.5. The Morgan fingerprint density at radius 3 is 2.60 bits per heavy atom. The fraction of sp³-hybridized carbons (Fsp3) is 0.133. The summed E-state index contributed by atoms with van der Waals surface area (Å²) >= 11 is 0. The van der Waals surface area contributed by atoms with E-state index in [2.05, 4.69) is 5.10 Å².